The van der Waals surface area contributed by atoms with E-state index in [0.717, 1.165) is 11.1 Å². The molecule has 4 rings (SSSR count). The third-order valence-corrected chi connectivity index (χ3v) is 6.17. The van der Waals surface area contributed by atoms with E-state index in [-0.39, 0.29) is 5.91 Å². The Hall–Kier alpha value is -3.84. The van der Waals surface area contributed by atoms with Crippen LogP contribution in [0.1, 0.15) is 28.4 Å². The van der Waals surface area contributed by atoms with E-state index >= 15 is 0 Å². The number of thioether (sulfide) groups is 1. The molecule has 1 amide bonds. The van der Waals surface area contributed by atoms with Crippen molar-refractivity contribution >= 4 is 40.6 Å². The standard InChI is InChI=1S/C27H24N2O4S/c1-3-29-25(30)24(34-27(29)28-22-15-13-20(14-16-22)26(31)32-2)17-21-11-7-8-12-23(21)33-18-19-9-5-4-6-10-19/h4-17H,3,18H2,1-2H3/b24-17+,28-27?. The number of rotatable bonds is 7. The summed E-state index contributed by atoms with van der Waals surface area (Å²) < 4.78 is 10.8. The first-order valence-electron chi connectivity index (χ1n) is 10.8. The van der Waals surface area contributed by atoms with Crippen molar-refractivity contribution in [2.24, 2.45) is 4.99 Å². The van der Waals surface area contributed by atoms with Gasteiger partial charge in [0.05, 0.1) is 23.3 Å². The molecule has 172 valence electrons. The quantitative estimate of drug-likeness (QED) is 0.327. The van der Waals surface area contributed by atoms with Crippen LogP contribution >= 0.6 is 11.8 Å². The third-order valence-electron chi connectivity index (χ3n) is 5.16. The Morgan fingerprint density at radius 3 is 2.41 bits per heavy atom. The summed E-state index contributed by atoms with van der Waals surface area (Å²) >= 11 is 1.32. The van der Waals surface area contributed by atoms with Gasteiger partial charge >= 0.3 is 5.97 Å². The van der Waals surface area contributed by atoms with E-state index in [2.05, 4.69) is 4.99 Å². The molecule has 1 fully saturated rings. The molecule has 6 nitrogen and oxygen atoms in total. The van der Waals surface area contributed by atoms with Crippen molar-refractivity contribution in [1.82, 2.24) is 4.90 Å². The van der Waals surface area contributed by atoms with Crippen LogP contribution in [0.25, 0.3) is 6.08 Å². The van der Waals surface area contributed by atoms with E-state index < -0.39 is 5.97 Å². The highest BCUT2D eigenvalue weighted by Crippen LogP contribution is 2.35. The zero-order valence-electron chi connectivity index (χ0n) is 18.9. The number of hydrogen-bond acceptors (Lipinski definition) is 6. The monoisotopic (exact) mass is 472 g/mol. The van der Waals surface area contributed by atoms with Gasteiger partial charge < -0.3 is 9.47 Å². The molecule has 0 saturated carbocycles. The zero-order chi connectivity index (χ0) is 23.9. The summed E-state index contributed by atoms with van der Waals surface area (Å²) in [6.45, 7) is 2.85. The Bertz CT molecular complexity index is 1240. The first-order chi connectivity index (χ1) is 16.6. The van der Waals surface area contributed by atoms with E-state index in [1.165, 1.54) is 18.9 Å². The molecule has 34 heavy (non-hydrogen) atoms. The summed E-state index contributed by atoms with van der Waals surface area (Å²) in [5, 5.41) is 0.590. The highest BCUT2D eigenvalue weighted by molar-refractivity contribution is 8.18. The molecule has 0 aliphatic carbocycles. The minimum absolute atomic E-state index is 0.102. The molecular weight excluding hydrogens is 448 g/mol. The van der Waals surface area contributed by atoms with Crippen LogP contribution in [-0.4, -0.2) is 35.6 Å². The molecule has 1 saturated heterocycles. The fraction of sp³-hybridized carbons (Fsp3) is 0.148. The maximum absolute atomic E-state index is 13.1. The number of methoxy groups -OCH3 is 1. The first-order valence-corrected chi connectivity index (χ1v) is 11.6. The summed E-state index contributed by atoms with van der Waals surface area (Å²) in [5.41, 5.74) is 2.99. The van der Waals surface area contributed by atoms with Crippen LogP contribution in [0.4, 0.5) is 5.69 Å². The maximum Gasteiger partial charge on any atom is 0.337 e. The van der Waals surface area contributed by atoms with Gasteiger partial charge in [-0.1, -0.05) is 48.5 Å². The van der Waals surface area contributed by atoms with Crippen molar-refractivity contribution in [2.45, 2.75) is 13.5 Å². The van der Waals surface area contributed by atoms with Gasteiger partial charge in [-0.05, 0) is 60.7 Å². The SMILES string of the molecule is CCN1C(=O)/C(=C\c2ccccc2OCc2ccccc2)SC1=Nc1ccc(C(=O)OC)cc1. The van der Waals surface area contributed by atoms with Crippen LogP contribution in [0.5, 0.6) is 5.75 Å². The Morgan fingerprint density at radius 1 is 1.00 bits per heavy atom. The number of amides is 1. The molecule has 0 unspecified atom stereocenters. The molecule has 1 aliphatic heterocycles. The Kier molecular flexibility index (Phi) is 7.44. The molecule has 0 bridgehead atoms. The van der Waals surface area contributed by atoms with Gasteiger partial charge in [0.15, 0.2) is 5.17 Å². The number of esters is 1. The van der Waals surface area contributed by atoms with Crippen molar-refractivity contribution < 1.29 is 19.1 Å². The van der Waals surface area contributed by atoms with Gasteiger partial charge in [-0.15, -0.1) is 0 Å². The van der Waals surface area contributed by atoms with Gasteiger partial charge in [-0.25, -0.2) is 9.79 Å². The fourth-order valence-corrected chi connectivity index (χ4v) is 4.43. The van der Waals surface area contributed by atoms with Gasteiger partial charge in [0.1, 0.15) is 12.4 Å². The molecule has 0 atom stereocenters. The second kappa shape index (κ2) is 10.9. The van der Waals surface area contributed by atoms with Gasteiger partial charge in [-0.3, -0.25) is 9.69 Å². The third kappa shape index (κ3) is 5.38. The van der Waals surface area contributed by atoms with E-state index in [1.54, 1.807) is 29.2 Å². The summed E-state index contributed by atoms with van der Waals surface area (Å²) in [6.07, 6.45) is 1.85. The summed E-state index contributed by atoms with van der Waals surface area (Å²) in [6, 6.07) is 24.4. The number of carbonyl (C=O) groups is 2. The number of nitrogens with zero attached hydrogens (tertiary/aromatic N) is 2. The zero-order valence-corrected chi connectivity index (χ0v) is 19.7. The van der Waals surface area contributed by atoms with Gasteiger partial charge in [0.2, 0.25) is 0 Å². The minimum Gasteiger partial charge on any atom is -0.488 e. The van der Waals surface area contributed by atoms with Crippen LogP contribution in [0.15, 0.2) is 88.8 Å². The number of ether oxygens (including phenoxy) is 2. The lowest BCUT2D eigenvalue weighted by Gasteiger charge is -2.12. The molecule has 0 spiro atoms. The highest BCUT2D eigenvalue weighted by atomic mass is 32.2. The lowest BCUT2D eigenvalue weighted by atomic mass is 10.1. The number of amidine groups is 1. The normalized spacial score (nSPS) is 15.7. The number of aliphatic imine (C=N–C) groups is 1. The van der Waals surface area contributed by atoms with E-state index in [0.29, 0.717) is 40.2 Å². The number of carbonyl (C=O) groups excluding carboxylic acids is 2. The lowest BCUT2D eigenvalue weighted by Crippen LogP contribution is -2.28. The number of benzene rings is 3. The molecule has 0 radical (unpaired) electrons. The molecule has 3 aromatic rings. The topological polar surface area (TPSA) is 68.2 Å². The van der Waals surface area contributed by atoms with Crippen LogP contribution in [0.3, 0.4) is 0 Å². The first kappa shape index (κ1) is 23.3. The van der Waals surface area contributed by atoms with Crippen LogP contribution in [0.2, 0.25) is 0 Å². The van der Waals surface area contributed by atoms with Gasteiger partial charge in [-0.2, -0.15) is 0 Å². The molecule has 0 N–H and O–H groups in total. The molecule has 0 aromatic heterocycles. The van der Waals surface area contributed by atoms with Crippen molar-refractivity contribution in [1.29, 1.82) is 0 Å². The van der Waals surface area contributed by atoms with E-state index in [4.69, 9.17) is 9.47 Å². The Balaban J connectivity index is 1.56. The maximum atomic E-state index is 13.1. The molecule has 3 aromatic carbocycles. The summed E-state index contributed by atoms with van der Waals surface area (Å²) in [7, 11) is 1.34. The predicted octanol–water partition coefficient (Wildman–Crippen LogP) is 5.68. The molecule has 1 heterocycles. The van der Waals surface area contributed by atoms with Crippen LogP contribution in [0, 0.1) is 0 Å². The van der Waals surface area contributed by atoms with Crippen molar-refractivity contribution in [3.05, 3.63) is 100 Å². The lowest BCUT2D eigenvalue weighted by molar-refractivity contribution is -0.122. The van der Waals surface area contributed by atoms with Gasteiger partial charge in [0, 0.05) is 12.1 Å². The van der Waals surface area contributed by atoms with Crippen molar-refractivity contribution in [2.75, 3.05) is 13.7 Å². The fourth-order valence-electron chi connectivity index (χ4n) is 3.38. The smallest absolute Gasteiger partial charge is 0.337 e. The van der Waals surface area contributed by atoms with Crippen molar-refractivity contribution in [3.63, 3.8) is 0 Å². The summed E-state index contributed by atoms with van der Waals surface area (Å²) in [5.74, 6) is 0.201. The minimum atomic E-state index is -0.404. The van der Waals surface area contributed by atoms with E-state index in [1.807, 2.05) is 67.6 Å². The number of likely N-dealkylation sites (N-methyl/N-ethyl adjacent to an activating group) is 1. The second-order valence-electron chi connectivity index (χ2n) is 7.40. The van der Waals surface area contributed by atoms with Crippen LogP contribution in [-0.2, 0) is 16.1 Å². The number of hydrogen-bond donors (Lipinski definition) is 0. The molecule has 1 aliphatic rings. The van der Waals surface area contributed by atoms with Crippen molar-refractivity contribution in [3.8, 4) is 5.75 Å². The summed E-state index contributed by atoms with van der Waals surface area (Å²) in [4.78, 5) is 31.6. The van der Waals surface area contributed by atoms with Crippen LogP contribution < -0.4 is 4.74 Å². The highest BCUT2D eigenvalue weighted by Gasteiger charge is 2.32. The molecular formula is C27H24N2O4S. The number of para-hydroxylation sites is 1. The Labute approximate surface area is 202 Å². The largest absolute Gasteiger partial charge is 0.488 e. The van der Waals surface area contributed by atoms with Gasteiger partial charge in [0.25, 0.3) is 5.91 Å². The second-order valence-corrected chi connectivity index (χ2v) is 8.41. The predicted molar refractivity (Wildman–Crippen MR) is 135 cm³/mol. The average molecular weight is 473 g/mol. The average Bonchev–Trinajstić information content (AvgIpc) is 3.17. The Morgan fingerprint density at radius 2 is 1.71 bits per heavy atom. The molecule has 7 heteroatoms. The van der Waals surface area contributed by atoms with E-state index in [9.17, 15) is 9.59 Å².